The lowest BCUT2D eigenvalue weighted by molar-refractivity contribution is 0.0957. The monoisotopic (exact) mass is 348 g/mol. The van der Waals surface area contributed by atoms with Gasteiger partial charge in [-0.2, -0.15) is 5.10 Å². The van der Waals surface area contributed by atoms with Crippen LogP contribution in [0, 0.1) is 0 Å². The summed E-state index contributed by atoms with van der Waals surface area (Å²) < 4.78 is 6.11. The molecule has 2 N–H and O–H groups in total. The van der Waals surface area contributed by atoms with Crippen LogP contribution in [0.5, 0.6) is 0 Å². The highest BCUT2D eigenvalue weighted by Gasteiger charge is 2.12. The van der Waals surface area contributed by atoms with Gasteiger partial charge in [0.05, 0.1) is 12.4 Å². The fourth-order valence-corrected chi connectivity index (χ4v) is 2.93. The number of amides is 1. The molecule has 0 aromatic carbocycles. The highest BCUT2D eigenvalue weighted by Crippen LogP contribution is 2.24. The minimum Gasteiger partial charge on any atom is -0.351 e. The Balaban J connectivity index is 1.43. The fourth-order valence-electron chi connectivity index (χ4n) is 2.12. The van der Waals surface area contributed by atoms with Crippen molar-refractivity contribution in [3.63, 3.8) is 0 Å². The van der Waals surface area contributed by atoms with Crippen LogP contribution >= 0.6 is 11.3 Å². The lowest BCUT2D eigenvalue weighted by Gasteiger charge is -2.02. The molecule has 0 aliphatic carbocycles. The molecule has 10 heteroatoms. The standard InChI is InChI=1S/C14H16N6O3S/c1-20-8-9(6-17-20)13-16-7-10(24-13)12(21)15-5-3-2-4-11-18-14(22)23-19-11/h6-8H,2-5H2,1H3,(H,15,21)(H,18,19,22). The van der Waals surface area contributed by atoms with Gasteiger partial charge in [0, 0.05) is 31.8 Å². The van der Waals surface area contributed by atoms with Crippen LogP contribution < -0.4 is 11.1 Å². The zero-order valence-corrected chi connectivity index (χ0v) is 13.8. The van der Waals surface area contributed by atoms with Gasteiger partial charge in [0.1, 0.15) is 9.88 Å². The van der Waals surface area contributed by atoms with Gasteiger partial charge in [-0.05, 0) is 12.8 Å². The molecule has 0 unspecified atom stereocenters. The van der Waals surface area contributed by atoms with E-state index in [9.17, 15) is 9.59 Å². The Hall–Kier alpha value is -2.75. The summed E-state index contributed by atoms with van der Waals surface area (Å²) in [6.45, 7) is 0.543. The smallest absolute Gasteiger partial charge is 0.351 e. The Kier molecular flexibility index (Phi) is 4.85. The van der Waals surface area contributed by atoms with Crippen LogP contribution in [0.25, 0.3) is 10.6 Å². The van der Waals surface area contributed by atoms with Crippen molar-refractivity contribution in [3.05, 3.63) is 39.8 Å². The Morgan fingerprint density at radius 1 is 1.42 bits per heavy atom. The molecule has 0 atom stereocenters. The number of hydrogen-bond acceptors (Lipinski definition) is 7. The number of nitrogens with one attached hydrogen (secondary N) is 2. The van der Waals surface area contributed by atoms with Gasteiger partial charge in [-0.25, -0.2) is 9.78 Å². The van der Waals surface area contributed by atoms with Gasteiger partial charge in [-0.3, -0.25) is 19.0 Å². The number of H-pyrrole nitrogens is 1. The van der Waals surface area contributed by atoms with Crippen LogP contribution in [0.3, 0.4) is 0 Å². The first kappa shape index (κ1) is 16.1. The largest absolute Gasteiger partial charge is 0.438 e. The normalized spacial score (nSPS) is 10.9. The first-order valence-electron chi connectivity index (χ1n) is 7.40. The molecule has 3 heterocycles. The summed E-state index contributed by atoms with van der Waals surface area (Å²) in [6.07, 6.45) is 7.31. The molecule has 0 saturated carbocycles. The molecule has 3 rings (SSSR count). The van der Waals surface area contributed by atoms with Crippen LogP contribution in [0.4, 0.5) is 0 Å². The number of nitrogens with zero attached hydrogens (tertiary/aromatic N) is 4. The molecule has 3 aromatic rings. The summed E-state index contributed by atoms with van der Waals surface area (Å²) in [7, 11) is 1.83. The number of aryl methyl sites for hydroxylation is 2. The molecule has 126 valence electrons. The van der Waals surface area contributed by atoms with Crippen LogP contribution in [0.2, 0.25) is 0 Å². The summed E-state index contributed by atoms with van der Waals surface area (Å²) in [5, 5.41) is 11.3. The average molecular weight is 348 g/mol. The molecule has 0 radical (unpaired) electrons. The first-order valence-corrected chi connectivity index (χ1v) is 8.21. The maximum Gasteiger partial charge on any atom is 0.438 e. The molecule has 3 aromatic heterocycles. The molecule has 0 aliphatic heterocycles. The van der Waals surface area contributed by atoms with Gasteiger partial charge in [-0.15, -0.1) is 11.3 Å². The van der Waals surface area contributed by atoms with E-state index in [0.29, 0.717) is 23.7 Å². The van der Waals surface area contributed by atoms with Gasteiger partial charge >= 0.3 is 5.76 Å². The number of carbonyl (C=O) groups excluding carboxylic acids is 1. The Morgan fingerprint density at radius 3 is 3.00 bits per heavy atom. The van der Waals surface area contributed by atoms with Crippen LogP contribution in [-0.2, 0) is 13.5 Å². The maximum absolute atomic E-state index is 12.1. The van der Waals surface area contributed by atoms with Crippen molar-refractivity contribution in [1.82, 2.24) is 30.2 Å². The molecule has 0 fully saturated rings. The Labute approximate surface area is 140 Å². The highest BCUT2D eigenvalue weighted by molar-refractivity contribution is 7.16. The van der Waals surface area contributed by atoms with Gasteiger partial charge in [0.25, 0.3) is 5.91 Å². The third-order valence-corrected chi connectivity index (χ3v) is 4.34. The second kappa shape index (κ2) is 7.21. The number of unbranched alkanes of at least 4 members (excludes halogenated alkanes) is 1. The summed E-state index contributed by atoms with van der Waals surface area (Å²) in [5.74, 6) is -0.166. The first-order chi connectivity index (χ1) is 11.6. The minimum atomic E-state index is -0.548. The zero-order chi connectivity index (χ0) is 16.9. The van der Waals surface area contributed by atoms with Gasteiger partial charge in [0.15, 0.2) is 5.82 Å². The number of aromatic nitrogens is 5. The maximum atomic E-state index is 12.1. The topological polar surface area (TPSA) is 119 Å². The molecular formula is C14H16N6O3S. The van der Waals surface area contributed by atoms with Crippen molar-refractivity contribution >= 4 is 17.2 Å². The molecule has 1 amide bonds. The van der Waals surface area contributed by atoms with Crippen LogP contribution in [-0.4, -0.2) is 37.4 Å². The molecular weight excluding hydrogens is 332 g/mol. The second-order valence-corrected chi connectivity index (χ2v) is 6.22. The highest BCUT2D eigenvalue weighted by atomic mass is 32.1. The number of carbonyl (C=O) groups is 1. The van der Waals surface area contributed by atoms with Gasteiger partial charge < -0.3 is 5.32 Å². The molecule has 0 saturated heterocycles. The van der Waals surface area contributed by atoms with E-state index in [1.807, 2.05) is 13.2 Å². The third kappa shape index (κ3) is 3.96. The minimum absolute atomic E-state index is 0.141. The number of rotatable bonds is 7. The van der Waals surface area contributed by atoms with E-state index in [-0.39, 0.29) is 5.91 Å². The average Bonchev–Trinajstić information content (AvgIpc) is 3.27. The van der Waals surface area contributed by atoms with Crippen LogP contribution in [0.1, 0.15) is 28.3 Å². The van der Waals surface area contributed by atoms with E-state index >= 15 is 0 Å². The van der Waals surface area contributed by atoms with Crippen molar-refractivity contribution in [2.45, 2.75) is 19.3 Å². The number of thiazole rings is 1. The molecule has 0 spiro atoms. The van der Waals surface area contributed by atoms with Crippen LogP contribution in [0.15, 0.2) is 27.9 Å². The van der Waals surface area contributed by atoms with E-state index < -0.39 is 5.76 Å². The van der Waals surface area contributed by atoms with Crippen molar-refractivity contribution < 1.29 is 9.32 Å². The second-order valence-electron chi connectivity index (χ2n) is 5.19. The quantitative estimate of drug-likeness (QED) is 0.614. The van der Waals surface area contributed by atoms with Crippen molar-refractivity contribution in [3.8, 4) is 10.6 Å². The van der Waals surface area contributed by atoms with Crippen molar-refractivity contribution in [2.75, 3.05) is 6.54 Å². The fraction of sp³-hybridized carbons (Fsp3) is 0.357. The van der Waals surface area contributed by atoms with E-state index in [2.05, 4.69) is 30.1 Å². The van der Waals surface area contributed by atoms with Gasteiger partial charge in [0.2, 0.25) is 0 Å². The zero-order valence-electron chi connectivity index (χ0n) is 13.0. The predicted octanol–water partition coefficient (Wildman–Crippen LogP) is 0.973. The van der Waals surface area contributed by atoms with E-state index in [1.54, 1.807) is 17.1 Å². The summed E-state index contributed by atoms with van der Waals surface area (Å²) in [4.78, 5) is 30.2. The van der Waals surface area contributed by atoms with Crippen molar-refractivity contribution in [1.29, 1.82) is 0 Å². The number of hydrogen-bond donors (Lipinski definition) is 2. The summed E-state index contributed by atoms with van der Waals surface area (Å²) in [5.41, 5.74) is 0.892. The predicted molar refractivity (Wildman–Crippen MR) is 86.7 cm³/mol. The lowest BCUT2D eigenvalue weighted by Crippen LogP contribution is -2.23. The van der Waals surface area contributed by atoms with E-state index in [0.717, 1.165) is 23.4 Å². The molecule has 9 nitrogen and oxygen atoms in total. The molecule has 0 aliphatic rings. The Bertz CT molecular complexity index is 877. The lowest BCUT2D eigenvalue weighted by atomic mass is 10.2. The molecule has 24 heavy (non-hydrogen) atoms. The van der Waals surface area contributed by atoms with E-state index in [4.69, 9.17) is 0 Å². The summed E-state index contributed by atoms with van der Waals surface area (Å²) in [6, 6.07) is 0. The third-order valence-electron chi connectivity index (χ3n) is 3.29. The van der Waals surface area contributed by atoms with Gasteiger partial charge in [-0.1, -0.05) is 5.16 Å². The molecule has 0 bridgehead atoms. The SMILES string of the molecule is Cn1cc(-c2ncc(C(=O)NCCCCc3noc(=O)[nH]3)s2)cn1. The van der Waals surface area contributed by atoms with E-state index in [1.165, 1.54) is 11.3 Å². The number of aromatic amines is 1. The summed E-state index contributed by atoms with van der Waals surface area (Å²) >= 11 is 1.33. The van der Waals surface area contributed by atoms with Crippen molar-refractivity contribution in [2.24, 2.45) is 7.05 Å². The Morgan fingerprint density at radius 2 is 2.29 bits per heavy atom.